The van der Waals surface area contributed by atoms with Gasteiger partial charge < -0.3 is 15.0 Å². The minimum atomic E-state index is -0.107. The number of aromatic amines is 1. The van der Waals surface area contributed by atoms with Gasteiger partial charge in [-0.3, -0.25) is 9.89 Å². The van der Waals surface area contributed by atoms with Crippen LogP contribution in [-0.4, -0.2) is 58.4 Å². The fourth-order valence-corrected chi connectivity index (χ4v) is 3.06. The summed E-state index contributed by atoms with van der Waals surface area (Å²) in [6.45, 7) is 3.26. The first-order valence-corrected chi connectivity index (χ1v) is 8.08. The van der Waals surface area contributed by atoms with Crippen molar-refractivity contribution >= 4 is 11.7 Å². The van der Waals surface area contributed by atoms with Crippen molar-refractivity contribution in [3.63, 3.8) is 0 Å². The molecule has 0 unspecified atom stereocenters. The second kappa shape index (κ2) is 7.39. The van der Waals surface area contributed by atoms with Crippen molar-refractivity contribution in [3.05, 3.63) is 36.0 Å². The molecule has 0 spiro atoms. The molecule has 0 aromatic carbocycles. The molecule has 2 aromatic rings. The fourth-order valence-electron chi connectivity index (χ4n) is 3.06. The Morgan fingerprint density at radius 1 is 1.54 bits per heavy atom. The van der Waals surface area contributed by atoms with Gasteiger partial charge in [0.25, 0.3) is 5.91 Å². The van der Waals surface area contributed by atoms with E-state index in [9.17, 15) is 4.79 Å². The third kappa shape index (κ3) is 3.38. The Kier molecular flexibility index (Phi) is 5.05. The highest BCUT2D eigenvalue weighted by Gasteiger charge is 2.33. The first kappa shape index (κ1) is 16.4. The van der Waals surface area contributed by atoms with E-state index >= 15 is 0 Å². The van der Waals surface area contributed by atoms with Gasteiger partial charge in [-0.2, -0.15) is 5.10 Å². The maximum atomic E-state index is 12.4. The van der Waals surface area contributed by atoms with E-state index in [0.29, 0.717) is 12.1 Å². The quantitative estimate of drug-likeness (QED) is 0.813. The number of nitrogens with one attached hydrogen (secondary N) is 2. The molecule has 0 bridgehead atoms. The summed E-state index contributed by atoms with van der Waals surface area (Å²) in [5.74, 6) is 0.741. The van der Waals surface area contributed by atoms with Gasteiger partial charge >= 0.3 is 0 Å². The number of aromatic nitrogens is 4. The predicted octanol–water partition coefficient (Wildman–Crippen LogP) is 0.786. The Hall–Kier alpha value is -2.48. The van der Waals surface area contributed by atoms with Crippen LogP contribution < -0.4 is 10.2 Å². The van der Waals surface area contributed by atoms with Gasteiger partial charge in [-0.15, -0.1) is 0 Å². The second-order valence-corrected chi connectivity index (χ2v) is 5.79. The maximum absolute atomic E-state index is 12.4. The molecule has 0 radical (unpaired) electrons. The number of carbonyl (C=O) groups excluding carboxylic acids is 1. The van der Waals surface area contributed by atoms with Crippen LogP contribution in [0.15, 0.2) is 24.8 Å². The van der Waals surface area contributed by atoms with Gasteiger partial charge in [0.1, 0.15) is 12.1 Å². The molecule has 2 N–H and O–H groups in total. The molecule has 8 heteroatoms. The number of aryl methyl sites for hydroxylation is 1. The number of hydrogen-bond donors (Lipinski definition) is 2. The van der Waals surface area contributed by atoms with Crippen molar-refractivity contribution in [2.45, 2.75) is 31.9 Å². The lowest BCUT2D eigenvalue weighted by Crippen LogP contribution is -2.40. The third-order valence-electron chi connectivity index (χ3n) is 4.38. The molecular formula is C16H22N6O2. The average molecular weight is 330 g/mol. The topological polar surface area (TPSA) is 96.0 Å². The van der Waals surface area contributed by atoms with Crippen molar-refractivity contribution in [3.8, 4) is 0 Å². The molecule has 1 aliphatic heterocycles. The number of amides is 1. The van der Waals surface area contributed by atoms with Crippen LogP contribution in [0, 0.1) is 0 Å². The number of rotatable bonds is 6. The van der Waals surface area contributed by atoms with Crippen LogP contribution in [0.4, 0.5) is 5.82 Å². The zero-order valence-corrected chi connectivity index (χ0v) is 13.9. The standard InChI is InChI=1S/C16H22N6O2/c1-3-14-13(8-20-21-14)16(23)18-7-11-6-12(24-2)9-22(11)15-4-5-17-10-19-15/h4-5,8,10-12H,3,6-7,9H2,1-2H3,(H,18,23)(H,20,21)/t11-,12-/m1/s1. The van der Waals surface area contributed by atoms with E-state index < -0.39 is 0 Å². The van der Waals surface area contributed by atoms with Crippen LogP contribution in [-0.2, 0) is 11.2 Å². The van der Waals surface area contributed by atoms with E-state index in [1.54, 1.807) is 19.5 Å². The maximum Gasteiger partial charge on any atom is 0.254 e. The van der Waals surface area contributed by atoms with Crippen LogP contribution in [0.2, 0.25) is 0 Å². The highest BCUT2D eigenvalue weighted by Crippen LogP contribution is 2.24. The number of carbonyl (C=O) groups is 1. The number of methoxy groups -OCH3 is 1. The molecule has 8 nitrogen and oxygen atoms in total. The molecule has 0 aliphatic carbocycles. The fraction of sp³-hybridized carbons (Fsp3) is 0.500. The van der Waals surface area contributed by atoms with Gasteiger partial charge in [0, 0.05) is 32.1 Å². The summed E-state index contributed by atoms with van der Waals surface area (Å²) < 4.78 is 5.50. The predicted molar refractivity (Wildman–Crippen MR) is 88.9 cm³/mol. The first-order chi connectivity index (χ1) is 11.7. The number of anilines is 1. The van der Waals surface area contributed by atoms with Crippen molar-refractivity contribution < 1.29 is 9.53 Å². The number of nitrogens with zero attached hydrogens (tertiary/aromatic N) is 4. The van der Waals surface area contributed by atoms with Crippen LogP contribution in [0.25, 0.3) is 0 Å². The number of ether oxygens (including phenoxy) is 1. The summed E-state index contributed by atoms with van der Waals surface area (Å²) in [5, 5.41) is 9.81. The normalized spacial score (nSPS) is 20.3. The third-order valence-corrected chi connectivity index (χ3v) is 4.38. The van der Waals surface area contributed by atoms with E-state index in [0.717, 1.165) is 30.9 Å². The molecule has 3 heterocycles. The minimum absolute atomic E-state index is 0.107. The molecule has 3 rings (SSSR count). The molecule has 2 atom stereocenters. The van der Waals surface area contributed by atoms with Gasteiger partial charge in [-0.25, -0.2) is 9.97 Å². The summed E-state index contributed by atoms with van der Waals surface area (Å²) in [6.07, 6.45) is 6.53. The van der Waals surface area contributed by atoms with E-state index in [-0.39, 0.29) is 18.1 Å². The molecule has 2 aromatic heterocycles. The lowest BCUT2D eigenvalue weighted by molar-refractivity contribution is 0.0945. The molecule has 1 amide bonds. The van der Waals surface area contributed by atoms with Crippen molar-refractivity contribution in [1.29, 1.82) is 0 Å². The van der Waals surface area contributed by atoms with Crippen LogP contribution in [0.5, 0.6) is 0 Å². The Labute approximate surface area is 140 Å². The highest BCUT2D eigenvalue weighted by atomic mass is 16.5. The van der Waals surface area contributed by atoms with Crippen LogP contribution in [0.3, 0.4) is 0 Å². The second-order valence-electron chi connectivity index (χ2n) is 5.79. The molecule has 128 valence electrons. The van der Waals surface area contributed by atoms with Gasteiger partial charge in [0.05, 0.1) is 23.9 Å². The molecule has 1 saturated heterocycles. The molecule has 1 aliphatic rings. The molecule has 24 heavy (non-hydrogen) atoms. The van der Waals surface area contributed by atoms with Crippen molar-refractivity contribution in [2.75, 3.05) is 25.1 Å². The smallest absolute Gasteiger partial charge is 0.254 e. The summed E-state index contributed by atoms with van der Waals surface area (Å²) in [4.78, 5) is 22.8. The highest BCUT2D eigenvalue weighted by molar-refractivity contribution is 5.95. The van der Waals surface area contributed by atoms with Gasteiger partial charge in [0.2, 0.25) is 0 Å². The SMILES string of the molecule is CCc1[nH]ncc1C(=O)NC[C@H]1C[C@@H](OC)CN1c1ccncn1. The van der Waals surface area contributed by atoms with Crippen molar-refractivity contribution in [1.82, 2.24) is 25.5 Å². The van der Waals surface area contributed by atoms with Crippen LogP contribution in [0.1, 0.15) is 29.4 Å². The number of H-pyrrole nitrogens is 1. The Bertz CT molecular complexity index is 674. The van der Waals surface area contributed by atoms with Crippen molar-refractivity contribution in [2.24, 2.45) is 0 Å². The minimum Gasteiger partial charge on any atom is -0.380 e. The Balaban J connectivity index is 1.67. The molecular weight excluding hydrogens is 308 g/mol. The van der Waals surface area contributed by atoms with Gasteiger partial charge in [-0.05, 0) is 18.9 Å². The largest absolute Gasteiger partial charge is 0.380 e. The summed E-state index contributed by atoms with van der Waals surface area (Å²) in [7, 11) is 1.71. The van der Waals surface area contributed by atoms with E-state index in [2.05, 4.69) is 30.4 Å². The zero-order chi connectivity index (χ0) is 16.9. The zero-order valence-electron chi connectivity index (χ0n) is 13.9. The van der Waals surface area contributed by atoms with E-state index in [1.165, 1.54) is 6.33 Å². The van der Waals surface area contributed by atoms with Gasteiger partial charge in [-0.1, -0.05) is 6.92 Å². The molecule has 0 saturated carbocycles. The Morgan fingerprint density at radius 2 is 2.42 bits per heavy atom. The van der Waals surface area contributed by atoms with Gasteiger partial charge in [0.15, 0.2) is 0 Å². The van der Waals surface area contributed by atoms with E-state index in [1.807, 2.05) is 13.0 Å². The first-order valence-electron chi connectivity index (χ1n) is 8.08. The number of hydrogen-bond acceptors (Lipinski definition) is 6. The average Bonchev–Trinajstić information content (AvgIpc) is 3.26. The lowest BCUT2D eigenvalue weighted by atomic mass is 10.1. The molecule has 1 fully saturated rings. The summed E-state index contributed by atoms with van der Waals surface area (Å²) >= 11 is 0. The summed E-state index contributed by atoms with van der Waals surface area (Å²) in [6, 6.07) is 2.00. The van der Waals surface area contributed by atoms with E-state index in [4.69, 9.17) is 4.74 Å². The van der Waals surface area contributed by atoms with Crippen LogP contribution >= 0.6 is 0 Å². The lowest BCUT2D eigenvalue weighted by Gasteiger charge is -2.25. The summed E-state index contributed by atoms with van der Waals surface area (Å²) in [5.41, 5.74) is 1.45. The Morgan fingerprint density at radius 3 is 3.12 bits per heavy atom. The monoisotopic (exact) mass is 330 g/mol.